The van der Waals surface area contributed by atoms with Gasteiger partial charge in [0.15, 0.2) is 5.69 Å². The molecule has 2 aliphatic rings. The predicted molar refractivity (Wildman–Crippen MR) is 121 cm³/mol. The van der Waals surface area contributed by atoms with Gasteiger partial charge in [0.2, 0.25) is 0 Å². The standard InChI is InChI=1S/C23H26N8O/c1-14-10-20(30-29-14)23(32)28-21-13-19-18(4-2-8-25-19)22(27-21)26-15-11-16-5-6-17(12-15)31(16)9-3-7-24/h2,4,8,10,13,15-17H,3,5-6,9,11-12H2,1H3,(H,29,30)(H2,26,27,28,32)/t15?,16-,17+. The maximum absolute atomic E-state index is 12.6. The Kier molecular flexibility index (Phi) is 5.45. The van der Waals surface area contributed by atoms with Crippen molar-refractivity contribution >= 4 is 28.4 Å². The van der Waals surface area contributed by atoms with Gasteiger partial charge in [0.25, 0.3) is 5.91 Å². The molecule has 9 heteroatoms. The van der Waals surface area contributed by atoms with Crippen molar-refractivity contribution in [1.82, 2.24) is 25.1 Å². The van der Waals surface area contributed by atoms with E-state index in [9.17, 15) is 4.79 Å². The molecule has 9 nitrogen and oxygen atoms in total. The molecule has 2 bridgehead atoms. The van der Waals surface area contributed by atoms with Crippen molar-refractivity contribution in [2.75, 3.05) is 17.2 Å². The van der Waals surface area contributed by atoms with Gasteiger partial charge in [-0.2, -0.15) is 10.4 Å². The Morgan fingerprint density at radius 3 is 2.84 bits per heavy atom. The number of anilines is 2. The smallest absolute Gasteiger partial charge is 0.277 e. The normalized spacial score (nSPS) is 22.6. The van der Waals surface area contributed by atoms with Crippen LogP contribution in [-0.2, 0) is 0 Å². The average molecular weight is 431 g/mol. The minimum atomic E-state index is -0.313. The highest BCUT2D eigenvalue weighted by Crippen LogP contribution is 2.37. The molecule has 3 atom stereocenters. The fourth-order valence-electron chi connectivity index (χ4n) is 5.09. The first-order chi connectivity index (χ1) is 15.6. The third-order valence-electron chi connectivity index (χ3n) is 6.49. The number of H-pyrrole nitrogens is 1. The minimum absolute atomic E-state index is 0.293. The van der Waals surface area contributed by atoms with E-state index in [1.54, 1.807) is 18.3 Å². The van der Waals surface area contributed by atoms with Crippen LogP contribution in [0.15, 0.2) is 30.5 Å². The van der Waals surface area contributed by atoms with Crippen LogP contribution in [0.3, 0.4) is 0 Å². The first kappa shape index (κ1) is 20.4. The van der Waals surface area contributed by atoms with Gasteiger partial charge in [0, 0.05) is 54.4 Å². The zero-order valence-corrected chi connectivity index (χ0v) is 18.0. The first-order valence-electron chi connectivity index (χ1n) is 11.1. The van der Waals surface area contributed by atoms with Gasteiger partial charge < -0.3 is 10.6 Å². The fourth-order valence-corrected chi connectivity index (χ4v) is 5.09. The molecule has 5 rings (SSSR count). The van der Waals surface area contributed by atoms with E-state index in [1.807, 2.05) is 19.1 Å². The highest BCUT2D eigenvalue weighted by molar-refractivity contribution is 6.03. The van der Waals surface area contributed by atoms with E-state index < -0.39 is 0 Å². The number of hydrogen-bond donors (Lipinski definition) is 3. The van der Waals surface area contributed by atoms with Gasteiger partial charge in [-0.05, 0) is 50.8 Å². The number of rotatable bonds is 6. The summed E-state index contributed by atoms with van der Waals surface area (Å²) < 4.78 is 0. The number of nitrogens with zero attached hydrogens (tertiary/aromatic N) is 5. The van der Waals surface area contributed by atoms with Crippen LogP contribution in [0.4, 0.5) is 11.6 Å². The second-order valence-electron chi connectivity index (χ2n) is 8.66. The number of aromatic nitrogens is 4. The molecule has 1 unspecified atom stereocenters. The summed E-state index contributed by atoms with van der Waals surface area (Å²) in [5, 5.41) is 23.2. The summed E-state index contributed by atoms with van der Waals surface area (Å²) in [5.74, 6) is 0.865. The molecule has 0 saturated carbocycles. The molecular weight excluding hydrogens is 404 g/mol. The maximum Gasteiger partial charge on any atom is 0.277 e. The summed E-state index contributed by atoms with van der Waals surface area (Å²) in [6, 6.07) is 11.0. The van der Waals surface area contributed by atoms with Gasteiger partial charge in [-0.15, -0.1) is 0 Å². The van der Waals surface area contributed by atoms with Crippen LogP contribution in [0.25, 0.3) is 10.9 Å². The van der Waals surface area contributed by atoms with Gasteiger partial charge in [-0.3, -0.25) is 19.8 Å². The Bertz CT molecular complexity index is 1170. The number of aryl methyl sites for hydroxylation is 1. The molecule has 0 spiro atoms. The van der Waals surface area contributed by atoms with Crippen molar-refractivity contribution in [3.8, 4) is 6.07 Å². The van der Waals surface area contributed by atoms with Crippen LogP contribution in [-0.4, -0.2) is 55.6 Å². The highest BCUT2D eigenvalue weighted by atomic mass is 16.2. The van der Waals surface area contributed by atoms with Crippen LogP contribution < -0.4 is 10.6 Å². The molecule has 1 amide bonds. The molecule has 3 N–H and O–H groups in total. The van der Waals surface area contributed by atoms with Gasteiger partial charge in [-0.1, -0.05) is 0 Å². The lowest BCUT2D eigenvalue weighted by molar-refractivity contribution is 0.102. The SMILES string of the molecule is Cc1cc(C(=O)Nc2cc3ncccc3c(NC3C[C@H]4CC[C@@H](C3)N4CCC#N)n2)n[nH]1. The average Bonchev–Trinajstić information content (AvgIpc) is 3.32. The lowest BCUT2D eigenvalue weighted by Gasteiger charge is -2.39. The largest absolute Gasteiger partial charge is 0.367 e. The summed E-state index contributed by atoms with van der Waals surface area (Å²) in [6.07, 6.45) is 6.73. The predicted octanol–water partition coefficient (Wildman–Crippen LogP) is 3.23. The number of fused-ring (bicyclic) bond motifs is 3. The number of pyridine rings is 2. The molecule has 0 radical (unpaired) electrons. The van der Waals surface area contributed by atoms with E-state index in [4.69, 9.17) is 10.2 Å². The van der Waals surface area contributed by atoms with Gasteiger partial charge in [0.1, 0.15) is 11.6 Å². The Labute approximate surface area is 186 Å². The molecule has 3 aromatic rings. The number of hydrogen-bond acceptors (Lipinski definition) is 7. The molecule has 164 valence electrons. The van der Waals surface area contributed by atoms with Crippen molar-refractivity contribution in [3.63, 3.8) is 0 Å². The second kappa shape index (κ2) is 8.55. The third-order valence-corrected chi connectivity index (χ3v) is 6.49. The minimum Gasteiger partial charge on any atom is -0.367 e. The molecule has 2 fully saturated rings. The van der Waals surface area contributed by atoms with E-state index in [1.165, 1.54) is 12.8 Å². The van der Waals surface area contributed by atoms with Crippen LogP contribution in [0.1, 0.15) is 48.3 Å². The Balaban J connectivity index is 1.37. The van der Waals surface area contributed by atoms with E-state index >= 15 is 0 Å². The molecule has 5 heterocycles. The molecule has 3 aromatic heterocycles. The van der Waals surface area contributed by atoms with Crippen LogP contribution in [0.2, 0.25) is 0 Å². The molecule has 0 aliphatic carbocycles. The summed E-state index contributed by atoms with van der Waals surface area (Å²) >= 11 is 0. The fraction of sp³-hybridized carbons (Fsp3) is 0.435. The quantitative estimate of drug-likeness (QED) is 0.549. The lowest BCUT2D eigenvalue weighted by Crippen LogP contribution is -2.47. The van der Waals surface area contributed by atoms with Gasteiger partial charge >= 0.3 is 0 Å². The lowest BCUT2D eigenvalue weighted by atomic mass is 9.97. The molecule has 2 aliphatic heterocycles. The van der Waals surface area contributed by atoms with Crippen molar-refractivity contribution < 1.29 is 4.79 Å². The van der Waals surface area contributed by atoms with E-state index in [0.29, 0.717) is 36.1 Å². The Hall–Kier alpha value is -3.51. The Morgan fingerprint density at radius 1 is 1.31 bits per heavy atom. The summed E-state index contributed by atoms with van der Waals surface area (Å²) in [6.45, 7) is 2.71. The van der Waals surface area contributed by atoms with Gasteiger partial charge in [0.05, 0.1) is 11.6 Å². The monoisotopic (exact) mass is 430 g/mol. The number of nitriles is 1. The summed E-state index contributed by atoms with van der Waals surface area (Å²) in [5.41, 5.74) is 1.91. The topological polar surface area (TPSA) is 123 Å². The zero-order valence-electron chi connectivity index (χ0n) is 18.0. The van der Waals surface area contributed by atoms with Crippen LogP contribution in [0.5, 0.6) is 0 Å². The molecule has 32 heavy (non-hydrogen) atoms. The molecule has 2 saturated heterocycles. The third kappa shape index (κ3) is 4.01. The highest BCUT2D eigenvalue weighted by Gasteiger charge is 2.40. The van der Waals surface area contributed by atoms with Crippen molar-refractivity contribution in [3.05, 3.63) is 41.9 Å². The van der Waals surface area contributed by atoms with Crippen molar-refractivity contribution in [2.24, 2.45) is 0 Å². The number of nitrogens with one attached hydrogen (secondary N) is 3. The number of aromatic amines is 1. The van der Waals surface area contributed by atoms with Crippen molar-refractivity contribution in [2.45, 2.75) is 57.2 Å². The number of carbonyl (C=O) groups is 1. The first-order valence-corrected chi connectivity index (χ1v) is 11.1. The van der Waals surface area contributed by atoms with Crippen LogP contribution in [0, 0.1) is 18.3 Å². The second-order valence-corrected chi connectivity index (χ2v) is 8.66. The zero-order chi connectivity index (χ0) is 22.1. The number of piperidine rings is 1. The van der Waals surface area contributed by atoms with Gasteiger partial charge in [-0.25, -0.2) is 4.98 Å². The van der Waals surface area contributed by atoms with Crippen LogP contribution >= 0.6 is 0 Å². The number of carbonyl (C=O) groups excluding carboxylic acids is 1. The van der Waals surface area contributed by atoms with Crippen molar-refractivity contribution in [1.29, 1.82) is 5.26 Å². The van der Waals surface area contributed by atoms with E-state index in [0.717, 1.165) is 41.8 Å². The molecular formula is C23H26N8O. The molecule has 0 aromatic carbocycles. The summed E-state index contributed by atoms with van der Waals surface area (Å²) in [7, 11) is 0. The Morgan fingerprint density at radius 2 is 2.12 bits per heavy atom. The van der Waals surface area contributed by atoms with E-state index in [2.05, 4.69) is 36.8 Å². The van der Waals surface area contributed by atoms with E-state index in [-0.39, 0.29) is 5.91 Å². The maximum atomic E-state index is 12.6. The number of amides is 1. The summed E-state index contributed by atoms with van der Waals surface area (Å²) in [4.78, 5) is 24.3.